The topological polar surface area (TPSA) is 63.3 Å². The van der Waals surface area contributed by atoms with Crippen LogP contribution < -0.4 is 5.73 Å². The zero-order chi connectivity index (χ0) is 10.6. The maximum atomic E-state index is 11.4. The third-order valence-corrected chi connectivity index (χ3v) is 2.14. The predicted octanol–water partition coefficient (Wildman–Crippen LogP) is 1.24. The number of aromatic hydroxyl groups is 1. The van der Waals surface area contributed by atoms with Gasteiger partial charge < -0.3 is 10.8 Å². The van der Waals surface area contributed by atoms with E-state index in [0.717, 1.165) is 5.56 Å². The van der Waals surface area contributed by atoms with Crippen LogP contribution in [0.5, 0.6) is 5.75 Å². The first-order valence-electron chi connectivity index (χ1n) is 4.69. The molecule has 0 fully saturated rings. The average molecular weight is 193 g/mol. The molecule has 0 heterocycles. The predicted molar refractivity (Wildman–Crippen MR) is 55.1 cm³/mol. The number of ketones is 1. The minimum atomic E-state index is -0.391. The lowest BCUT2D eigenvalue weighted by atomic mass is 10.0. The van der Waals surface area contributed by atoms with E-state index < -0.39 is 6.04 Å². The van der Waals surface area contributed by atoms with Gasteiger partial charge in [-0.25, -0.2) is 0 Å². The van der Waals surface area contributed by atoms with E-state index in [4.69, 9.17) is 5.73 Å². The summed E-state index contributed by atoms with van der Waals surface area (Å²) in [6, 6.07) is 6.29. The molecule has 0 radical (unpaired) electrons. The van der Waals surface area contributed by atoms with Crippen molar-refractivity contribution in [1.82, 2.24) is 0 Å². The molecule has 0 aliphatic carbocycles. The number of carbonyl (C=O) groups is 1. The standard InChI is InChI=1S/C11H15NO2/c1-2-10(12)11(14)7-8-4-3-5-9(13)6-8/h3-6,10,13H,2,7,12H2,1H3. The highest BCUT2D eigenvalue weighted by Gasteiger charge is 2.11. The van der Waals surface area contributed by atoms with Gasteiger partial charge in [0.2, 0.25) is 0 Å². The number of Topliss-reactive ketones (excluding diaryl/α,β-unsaturated/α-hetero) is 1. The summed E-state index contributed by atoms with van der Waals surface area (Å²) in [6.07, 6.45) is 0.945. The summed E-state index contributed by atoms with van der Waals surface area (Å²) in [6.45, 7) is 1.88. The molecule has 1 atom stereocenters. The van der Waals surface area contributed by atoms with E-state index in [9.17, 15) is 9.90 Å². The quantitative estimate of drug-likeness (QED) is 0.756. The molecule has 0 saturated heterocycles. The summed E-state index contributed by atoms with van der Waals surface area (Å²) < 4.78 is 0. The Bertz CT molecular complexity index is 323. The van der Waals surface area contributed by atoms with Crippen LogP contribution in [0, 0.1) is 0 Å². The van der Waals surface area contributed by atoms with E-state index in [0.29, 0.717) is 12.8 Å². The van der Waals surface area contributed by atoms with Gasteiger partial charge >= 0.3 is 0 Å². The third-order valence-electron chi connectivity index (χ3n) is 2.14. The highest BCUT2D eigenvalue weighted by Crippen LogP contribution is 2.12. The van der Waals surface area contributed by atoms with E-state index in [1.54, 1.807) is 24.3 Å². The molecule has 76 valence electrons. The Morgan fingerprint density at radius 3 is 2.86 bits per heavy atom. The van der Waals surface area contributed by atoms with Crippen molar-refractivity contribution in [2.45, 2.75) is 25.8 Å². The summed E-state index contributed by atoms with van der Waals surface area (Å²) in [5.41, 5.74) is 6.39. The van der Waals surface area contributed by atoms with E-state index >= 15 is 0 Å². The first-order chi connectivity index (χ1) is 6.63. The highest BCUT2D eigenvalue weighted by molar-refractivity contribution is 5.85. The monoisotopic (exact) mass is 193 g/mol. The molecule has 3 nitrogen and oxygen atoms in total. The van der Waals surface area contributed by atoms with Crippen LogP contribution in [0.2, 0.25) is 0 Å². The van der Waals surface area contributed by atoms with Crippen LogP contribution in [0.3, 0.4) is 0 Å². The van der Waals surface area contributed by atoms with Gasteiger partial charge in [-0.15, -0.1) is 0 Å². The molecular formula is C11H15NO2. The molecule has 0 amide bonds. The number of phenols is 1. The summed E-state index contributed by atoms with van der Waals surface area (Å²) in [5.74, 6) is 0.193. The molecule has 1 rings (SSSR count). The van der Waals surface area contributed by atoms with Crippen LogP contribution in [0.25, 0.3) is 0 Å². The van der Waals surface area contributed by atoms with Gasteiger partial charge in [0.05, 0.1) is 6.04 Å². The van der Waals surface area contributed by atoms with Gasteiger partial charge in [-0.05, 0) is 24.1 Å². The summed E-state index contributed by atoms with van der Waals surface area (Å²) >= 11 is 0. The largest absolute Gasteiger partial charge is 0.508 e. The van der Waals surface area contributed by atoms with Crippen molar-refractivity contribution < 1.29 is 9.90 Å². The maximum Gasteiger partial charge on any atom is 0.153 e. The first kappa shape index (κ1) is 10.7. The summed E-state index contributed by atoms with van der Waals surface area (Å²) in [4.78, 5) is 11.4. The Morgan fingerprint density at radius 1 is 1.57 bits per heavy atom. The van der Waals surface area contributed by atoms with Crippen LogP contribution in [0.1, 0.15) is 18.9 Å². The number of nitrogens with two attached hydrogens (primary N) is 1. The van der Waals surface area contributed by atoms with Gasteiger partial charge in [0.1, 0.15) is 5.75 Å². The lowest BCUT2D eigenvalue weighted by molar-refractivity contribution is -0.119. The van der Waals surface area contributed by atoms with Crippen molar-refractivity contribution in [3.05, 3.63) is 29.8 Å². The lowest BCUT2D eigenvalue weighted by Gasteiger charge is -2.07. The molecule has 0 aliphatic heterocycles. The minimum Gasteiger partial charge on any atom is -0.508 e. The summed E-state index contributed by atoms with van der Waals surface area (Å²) in [7, 11) is 0. The van der Waals surface area contributed by atoms with Gasteiger partial charge in [0, 0.05) is 6.42 Å². The Hall–Kier alpha value is -1.35. The second kappa shape index (κ2) is 4.77. The van der Waals surface area contributed by atoms with Crippen molar-refractivity contribution >= 4 is 5.78 Å². The molecule has 3 heteroatoms. The third kappa shape index (κ3) is 2.85. The summed E-state index contributed by atoms with van der Waals surface area (Å²) in [5, 5.41) is 9.18. The number of rotatable bonds is 4. The van der Waals surface area contributed by atoms with Crippen molar-refractivity contribution in [2.24, 2.45) is 5.73 Å². The Morgan fingerprint density at radius 2 is 2.29 bits per heavy atom. The second-order valence-electron chi connectivity index (χ2n) is 3.33. The Kier molecular flexibility index (Phi) is 3.65. The smallest absolute Gasteiger partial charge is 0.153 e. The number of hydrogen-bond donors (Lipinski definition) is 2. The van der Waals surface area contributed by atoms with Gasteiger partial charge in [-0.1, -0.05) is 19.1 Å². The highest BCUT2D eigenvalue weighted by atomic mass is 16.3. The molecule has 3 N–H and O–H groups in total. The fourth-order valence-corrected chi connectivity index (χ4v) is 1.23. The maximum absolute atomic E-state index is 11.4. The minimum absolute atomic E-state index is 0.0121. The molecule has 0 aliphatic rings. The van der Waals surface area contributed by atoms with Crippen molar-refractivity contribution in [3.63, 3.8) is 0 Å². The second-order valence-corrected chi connectivity index (χ2v) is 3.33. The van der Waals surface area contributed by atoms with Gasteiger partial charge in [-0.3, -0.25) is 4.79 Å². The van der Waals surface area contributed by atoms with Gasteiger partial charge in [0.15, 0.2) is 5.78 Å². The number of carbonyl (C=O) groups excluding carboxylic acids is 1. The SMILES string of the molecule is CCC(N)C(=O)Cc1cccc(O)c1. The van der Waals surface area contributed by atoms with Crippen LogP contribution in [0.15, 0.2) is 24.3 Å². The molecular weight excluding hydrogens is 178 g/mol. The van der Waals surface area contributed by atoms with Crippen LogP contribution in [-0.4, -0.2) is 16.9 Å². The van der Waals surface area contributed by atoms with E-state index in [2.05, 4.69) is 0 Å². The van der Waals surface area contributed by atoms with Crippen molar-refractivity contribution in [1.29, 1.82) is 0 Å². The van der Waals surface area contributed by atoms with E-state index in [-0.39, 0.29) is 11.5 Å². The van der Waals surface area contributed by atoms with Crippen molar-refractivity contribution in [2.75, 3.05) is 0 Å². The number of hydrogen-bond acceptors (Lipinski definition) is 3. The average Bonchev–Trinajstić information content (AvgIpc) is 2.16. The normalized spacial score (nSPS) is 12.4. The van der Waals surface area contributed by atoms with Crippen LogP contribution in [-0.2, 0) is 11.2 Å². The fraction of sp³-hybridized carbons (Fsp3) is 0.364. The first-order valence-corrected chi connectivity index (χ1v) is 4.69. The molecule has 14 heavy (non-hydrogen) atoms. The fourth-order valence-electron chi connectivity index (χ4n) is 1.23. The Labute approximate surface area is 83.6 Å². The van der Waals surface area contributed by atoms with Crippen LogP contribution >= 0.6 is 0 Å². The number of phenolic OH excluding ortho intramolecular Hbond substituents is 1. The molecule has 0 aromatic heterocycles. The molecule has 0 saturated carbocycles. The van der Waals surface area contributed by atoms with Gasteiger partial charge in [0.25, 0.3) is 0 Å². The lowest BCUT2D eigenvalue weighted by Crippen LogP contribution is -2.30. The molecule has 0 bridgehead atoms. The molecule has 1 unspecified atom stereocenters. The molecule has 1 aromatic rings. The van der Waals surface area contributed by atoms with Crippen molar-refractivity contribution in [3.8, 4) is 5.75 Å². The van der Waals surface area contributed by atoms with E-state index in [1.807, 2.05) is 6.92 Å². The molecule has 1 aromatic carbocycles. The van der Waals surface area contributed by atoms with Gasteiger partial charge in [-0.2, -0.15) is 0 Å². The Balaban J connectivity index is 2.65. The zero-order valence-corrected chi connectivity index (χ0v) is 8.23. The molecule has 0 spiro atoms. The van der Waals surface area contributed by atoms with Crippen LogP contribution in [0.4, 0.5) is 0 Å². The number of benzene rings is 1. The van der Waals surface area contributed by atoms with E-state index in [1.165, 1.54) is 0 Å². The zero-order valence-electron chi connectivity index (χ0n) is 8.23.